The fourth-order valence-corrected chi connectivity index (χ4v) is 6.50. The molecule has 2 unspecified atom stereocenters. The van der Waals surface area contributed by atoms with Crippen LogP contribution in [0.4, 0.5) is 15.9 Å². The number of fused-ring (bicyclic) bond motifs is 1. The molecule has 3 N–H and O–H groups in total. The average molecular weight is 563 g/mol. The van der Waals surface area contributed by atoms with Gasteiger partial charge in [0.1, 0.15) is 23.4 Å². The Labute approximate surface area is 237 Å². The number of ether oxygens (including phenoxy) is 1. The smallest absolute Gasteiger partial charge is 0.249 e. The number of hydrogen-bond acceptors (Lipinski definition) is 6. The summed E-state index contributed by atoms with van der Waals surface area (Å²) in [5.74, 6) is -0.115. The molecule has 4 rings (SSSR count). The summed E-state index contributed by atoms with van der Waals surface area (Å²) in [6.45, 7) is 5.91. The predicted octanol–water partition coefficient (Wildman–Crippen LogP) is 5.89. The van der Waals surface area contributed by atoms with Gasteiger partial charge in [0.25, 0.3) is 0 Å². The van der Waals surface area contributed by atoms with Crippen molar-refractivity contribution in [2.24, 2.45) is 0 Å². The molecule has 2 aromatic carbocycles. The van der Waals surface area contributed by atoms with Gasteiger partial charge in [0.15, 0.2) is 0 Å². The van der Waals surface area contributed by atoms with Crippen LogP contribution in [0.25, 0.3) is 10.8 Å². The molecule has 1 aromatic heterocycles. The van der Waals surface area contributed by atoms with Crippen molar-refractivity contribution in [3.8, 4) is 5.75 Å². The van der Waals surface area contributed by atoms with Crippen molar-refractivity contribution in [3.63, 3.8) is 0 Å². The van der Waals surface area contributed by atoms with Crippen LogP contribution in [-0.2, 0) is 15.6 Å². The van der Waals surface area contributed by atoms with Gasteiger partial charge in [0.2, 0.25) is 5.91 Å². The maximum atomic E-state index is 15.1. The molecule has 7 nitrogen and oxygen atoms in total. The number of hydrogen-bond donors (Lipinski definition) is 2. The molecule has 1 aliphatic carbocycles. The molecule has 0 aliphatic heterocycles. The van der Waals surface area contributed by atoms with Crippen molar-refractivity contribution in [3.05, 3.63) is 95.3 Å². The standard InChI is InChI=1S/C31H35FN4O3S/c1-5-9-22(27(6-2)40(38)25-12-8-13-25)19-36(3)31(37)29(21-10-7-11-24(17-21)39-4)35-23-16-20-14-15-34-30(33)28(20)26(32)18-23/h5-7,9-11,14-18,25,29,35H,1,8,12-13,19H2,2-4H3,(H2,33,34)/b22-9-,27-6+. The number of amides is 1. The third-order valence-corrected chi connectivity index (χ3v) is 9.09. The summed E-state index contributed by atoms with van der Waals surface area (Å²) in [5, 5.41) is 4.15. The molecule has 1 fully saturated rings. The Morgan fingerprint density at radius 1 is 1.32 bits per heavy atom. The number of carbonyl (C=O) groups is 1. The van der Waals surface area contributed by atoms with Crippen molar-refractivity contribution < 1.29 is 18.1 Å². The maximum Gasteiger partial charge on any atom is 0.249 e. The summed E-state index contributed by atoms with van der Waals surface area (Å²) < 4.78 is 33.7. The Bertz CT molecular complexity index is 1500. The van der Waals surface area contributed by atoms with Gasteiger partial charge in [0, 0.05) is 35.6 Å². The largest absolute Gasteiger partial charge is 0.497 e. The highest BCUT2D eigenvalue weighted by atomic mass is 32.2. The number of carbonyl (C=O) groups excluding carboxylic acids is 1. The lowest BCUT2D eigenvalue weighted by Crippen LogP contribution is -2.37. The first kappa shape index (κ1) is 29.0. The van der Waals surface area contributed by atoms with E-state index in [1.54, 1.807) is 61.5 Å². The van der Waals surface area contributed by atoms with E-state index in [0.29, 0.717) is 22.4 Å². The summed E-state index contributed by atoms with van der Waals surface area (Å²) >= 11 is 0. The number of pyridine rings is 1. The first-order valence-electron chi connectivity index (χ1n) is 13.1. The molecule has 0 bridgehead atoms. The first-order valence-corrected chi connectivity index (χ1v) is 14.4. The fourth-order valence-electron chi connectivity index (χ4n) is 4.75. The van der Waals surface area contributed by atoms with Gasteiger partial charge < -0.3 is 20.7 Å². The van der Waals surface area contributed by atoms with Gasteiger partial charge in [-0.15, -0.1) is 0 Å². The fraction of sp³-hybridized carbons (Fsp3) is 0.290. The van der Waals surface area contributed by atoms with Crippen LogP contribution >= 0.6 is 0 Å². The summed E-state index contributed by atoms with van der Waals surface area (Å²) in [4.78, 5) is 20.3. The van der Waals surface area contributed by atoms with Crippen LogP contribution in [0.1, 0.15) is 37.8 Å². The number of allylic oxidation sites excluding steroid dienone is 3. The minimum absolute atomic E-state index is 0.0994. The third-order valence-electron chi connectivity index (χ3n) is 7.08. The average Bonchev–Trinajstić information content (AvgIpc) is 2.90. The van der Waals surface area contributed by atoms with E-state index in [1.165, 1.54) is 12.3 Å². The van der Waals surface area contributed by atoms with Gasteiger partial charge in [-0.25, -0.2) is 9.37 Å². The number of nitrogens with two attached hydrogens (primary N) is 1. The number of methoxy groups -OCH3 is 1. The lowest BCUT2D eigenvalue weighted by Gasteiger charge is -2.29. The van der Waals surface area contributed by atoms with Crippen LogP contribution in [0.15, 0.2) is 83.9 Å². The van der Waals surface area contributed by atoms with Gasteiger partial charge in [-0.3, -0.25) is 9.00 Å². The Balaban J connectivity index is 1.67. The molecule has 2 atom stereocenters. The number of nitrogen functional groups attached to an aromatic ring is 1. The highest BCUT2D eigenvalue weighted by Crippen LogP contribution is 2.32. The van der Waals surface area contributed by atoms with Gasteiger partial charge in [-0.05, 0) is 66.6 Å². The van der Waals surface area contributed by atoms with Gasteiger partial charge in [0.05, 0.1) is 23.3 Å². The zero-order chi connectivity index (χ0) is 28.8. The number of anilines is 2. The molecule has 1 heterocycles. The van der Waals surface area contributed by atoms with Crippen LogP contribution in [0.2, 0.25) is 0 Å². The Kier molecular flexibility index (Phi) is 9.37. The molecule has 9 heteroatoms. The zero-order valence-electron chi connectivity index (χ0n) is 23.0. The number of aromatic nitrogens is 1. The second kappa shape index (κ2) is 12.9. The summed E-state index contributed by atoms with van der Waals surface area (Å²) in [6, 6.07) is 11.0. The van der Waals surface area contributed by atoms with Crippen LogP contribution in [-0.4, -0.2) is 46.0 Å². The number of rotatable bonds is 11. The SMILES string of the molecule is C=C/C=C(CN(C)C(=O)C(Nc1cc(F)c2c(N)nccc2c1)c1cccc(OC)c1)\C(=C/C)S(=O)C1CCC1. The molecule has 0 spiro atoms. The third kappa shape index (κ3) is 6.25. The van der Waals surface area contributed by atoms with E-state index in [9.17, 15) is 9.00 Å². The van der Waals surface area contributed by atoms with Gasteiger partial charge in [-0.2, -0.15) is 0 Å². The molecule has 40 heavy (non-hydrogen) atoms. The molecule has 210 valence electrons. The van der Waals surface area contributed by atoms with Crippen molar-refractivity contribution in [2.75, 3.05) is 31.8 Å². The predicted molar refractivity (Wildman–Crippen MR) is 161 cm³/mol. The van der Waals surface area contributed by atoms with Crippen molar-refractivity contribution in [2.45, 2.75) is 37.5 Å². The normalized spacial score (nSPS) is 15.7. The Hall–Kier alpha value is -3.98. The first-order chi connectivity index (χ1) is 19.3. The number of nitrogens with one attached hydrogen (secondary N) is 1. The van der Waals surface area contributed by atoms with E-state index in [0.717, 1.165) is 29.7 Å². The van der Waals surface area contributed by atoms with E-state index in [2.05, 4.69) is 16.9 Å². The van der Waals surface area contributed by atoms with Crippen LogP contribution in [0.3, 0.4) is 0 Å². The van der Waals surface area contributed by atoms with Gasteiger partial charge >= 0.3 is 0 Å². The zero-order valence-corrected chi connectivity index (χ0v) is 23.8. The van der Waals surface area contributed by atoms with Crippen LogP contribution in [0, 0.1) is 5.82 Å². The van der Waals surface area contributed by atoms with E-state index < -0.39 is 22.7 Å². The number of halogens is 1. The van der Waals surface area contributed by atoms with E-state index >= 15 is 4.39 Å². The second-order valence-corrected chi connectivity index (χ2v) is 11.4. The van der Waals surface area contributed by atoms with Gasteiger partial charge in [-0.1, -0.05) is 43.4 Å². The van der Waals surface area contributed by atoms with Crippen LogP contribution < -0.4 is 15.8 Å². The molecular weight excluding hydrogens is 527 g/mol. The lowest BCUT2D eigenvalue weighted by atomic mass is 10.00. The molecule has 0 saturated heterocycles. The highest BCUT2D eigenvalue weighted by Gasteiger charge is 2.30. The number of nitrogens with zero attached hydrogens (tertiary/aromatic N) is 2. The Morgan fingerprint density at radius 3 is 2.75 bits per heavy atom. The number of benzene rings is 2. The topological polar surface area (TPSA) is 97.6 Å². The number of likely N-dealkylation sites (N-methyl/N-ethyl adjacent to an activating group) is 1. The van der Waals surface area contributed by atoms with Crippen molar-refractivity contribution >= 4 is 39.0 Å². The lowest BCUT2D eigenvalue weighted by molar-refractivity contribution is -0.130. The quantitative estimate of drug-likeness (QED) is 0.283. The monoisotopic (exact) mass is 562 g/mol. The van der Waals surface area contributed by atoms with E-state index in [-0.39, 0.29) is 28.9 Å². The van der Waals surface area contributed by atoms with E-state index in [4.69, 9.17) is 10.5 Å². The molecular formula is C31H35FN4O3S. The minimum atomic E-state index is -1.16. The molecule has 1 aliphatic rings. The molecule has 0 radical (unpaired) electrons. The van der Waals surface area contributed by atoms with E-state index in [1.807, 2.05) is 19.1 Å². The second-order valence-electron chi connectivity index (χ2n) is 9.73. The van der Waals surface area contributed by atoms with Crippen molar-refractivity contribution in [1.82, 2.24) is 9.88 Å². The highest BCUT2D eigenvalue weighted by molar-refractivity contribution is 7.89. The van der Waals surface area contributed by atoms with Crippen LogP contribution in [0.5, 0.6) is 5.75 Å². The molecule has 1 saturated carbocycles. The summed E-state index contributed by atoms with van der Waals surface area (Å²) in [5.41, 5.74) is 7.71. The maximum absolute atomic E-state index is 15.1. The minimum Gasteiger partial charge on any atom is -0.497 e. The molecule has 3 aromatic rings. The summed E-state index contributed by atoms with van der Waals surface area (Å²) in [6.07, 6.45) is 9.78. The van der Waals surface area contributed by atoms with Crippen molar-refractivity contribution in [1.29, 1.82) is 0 Å². The molecule has 1 amide bonds. The summed E-state index contributed by atoms with van der Waals surface area (Å²) in [7, 11) is 2.09. The Morgan fingerprint density at radius 2 is 2.10 bits per heavy atom.